The highest BCUT2D eigenvalue weighted by Crippen LogP contribution is 2.37. The largest absolute Gasteiger partial charge is 0.466 e. The van der Waals surface area contributed by atoms with E-state index < -0.39 is 24.5 Å². The van der Waals surface area contributed by atoms with E-state index in [0.717, 1.165) is 19.3 Å². The van der Waals surface area contributed by atoms with Crippen LogP contribution in [0.1, 0.15) is 6.42 Å². The van der Waals surface area contributed by atoms with Crippen molar-refractivity contribution in [2.75, 3.05) is 7.11 Å². The van der Waals surface area contributed by atoms with Crippen LogP contribution in [0.5, 0.6) is 0 Å². The van der Waals surface area contributed by atoms with Gasteiger partial charge in [0.1, 0.15) is 0 Å². The van der Waals surface area contributed by atoms with Gasteiger partial charge in [-0.05, 0) is 12.5 Å². The first-order chi connectivity index (χ1) is 6.86. The maximum atomic E-state index is 12.3. The van der Waals surface area contributed by atoms with Gasteiger partial charge in [0.2, 0.25) is 0 Å². The van der Waals surface area contributed by atoms with E-state index in [-0.39, 0.29) is 10.6 Å². The molecule has 0 N–H and O–H groups in total. The Morgan fingerprint density at radius 3 is 2.67 bits per heavy atom. The van der Waals surface area contributed by atoms with Crippen LogP contribution in [0.15, 0.2) is 22.8 Å². The Hall–Kier alpha value is -0.970. The lowest BCUT2D eigenvalue weighted by atomic mass is 9.93. The number of halogens is 4. The molecule has 0 aromatic carbocycles. The Balaban J connectivity index is 2.90. The molecular formula is C9H8ClF3O2. The summed E-state index contributed by atoms with van der Waals surface area (Å²) in [4.78, 5) is 11.1. The molecule has 1 aliphatic rings. The van der Waals surface area contributed by atoms with Gasteiger partial charge in [0.15, 0.2) is 0 Å². The van der Waals surface area contributed by atoms with Crippen molar-refractivity contribution in [3.05, 3.63) is 22.8 Å². The van der Waals surface area contributed by atoms with Gasteiger partial charge in [0.05, 0.1) is 23.6 Å². The highest BCUT2D eigenvalue weighted by molar-refractivity contribution is 6.33. The fourth-order valence-corrected chi connectivity index (χ4v) is 1.44. The summed E-state index contributed by atoms with van der Waals surface area (Å²) >= 11 is 5.60. The van der Waals surface area contributed by atoms with E-state index in [1.165, 1.54) is 0 Å². The highest BCUT2D eigenvalue weighted by Gasteiger charge is 2.40. The van der Waals surface area contributed by atoms with Crippen molar-refractivity contribution in [2.24, 2.45) is 5.92 Å². The number of rotatable bonds is 1. The quantitative estimate of drug-likeness (QED) is 0.659. The first-order valence-corrected chi connectivity index (χ1v) is 4.46. The van der Waals surface area contributed by atoms with Crippen LogP contribution in [0.25, 0.3) is 0 Å². The van der Waals surface area contributed by atoms with E-state index >= 15 is 0 Å². The molecule has 0 amide bonds. The average molecular weight is 241 g/mol. The standard InChI is InChI=1S/C9H8ClF3O2/c1-15-8(14)6-4-5(9(11,12)13)2-3-7(6)10/h2-3,5H,4H2,1H3. The third-order valence-corrected chi connectivity index (χ3v) is 2.39. The van der Waals surface area contributed by atoms with Gasteiger partial charge in [-0.15, -0.1) is 0 Å². The van der Waals surface area contributed by atoms with Gasteiger partial charge in [-0.1, -0.05) is 17.7 Å². The molecule has 1 rings (SSSR count). The summed E-state index contributed by atoms with van der Waals surface area (Å²) in [5.41, 5.74) is -0.135. The lowest BCUT2D eigenvalue weighted by molar-refractivity contribution is -0.161. The monoisotopic (exact) mass is 240 g/mol. The summed E-state index contributed by atoms with van der Waals surface area (Å²) in [7, 11) is 1.10. The van der Waals surface area contributed by atoms with Crippen LogP contribution < -0.4 is 0 Å². The second-order valence-electron chi connectivity index (χ2n) is 3.03. The van der Waals surface area contributed by atoms with Crippen molar-refractivity contribution in [3.63, 3.8) is 0 Å². The predicted molar refractivity (Wildman–Crippen MR) is 48.2 cm³/mol. The number of alkyl halides is 3. The van der Waals surface area contributed by atoms with Crippen LogP contribution in [0.2, 0.25) is 0 Å². The second kappa shape index (κ2) is 4.26. The summed E-state index contributed by atoms with van der Waals surface area (Å²) in [6.07, 6.45) is -2.82. The maximum absolute atomic E-state index is 12.3. The second-order valence-corrected chi connectivity index (χ2v) is 3.44. The molecule has 0 aromatic heterocycles. The summed E-state index contributed by atoms with van der Waals surface area (Å²) in [6.45, 7) is 0. The van der Waals surface area contributed by atoms with Crippen molar-refractivity contribution < 1.29 is 22.7 Å². The molecule has 2 nitrogen and oxygen atoms in total. The molecule has 0 saturated heterocycles. The number of carbonyl (C=O) groups is 1. The van der Waals surface area contributed by atoms with Crippen molar-refractivity contribution in [1.82, 2.24) is 0 Å². The zero-order valence-corrected chi connectivity index (χ0v) is 8.52. The Morgan fingerprint density at radius 2 is 2.20 bits per heavy atom. The van der Waals surface area contributed by atoms with Crippen LogP contribution >= 0.6 is 11.6 Å². The van der Waals surface area contributed by atoms with Gasteiger partial charge in [0, 0.05) is 0 Å². The van der Waals surface area contributed by atoms with E-state index in [0.29, 0.717) is 0 Å². The number of allylic oxidation sites excluding steroid dienone is 3. The topological polar surface area (TPSA) is 26.3 Å². The lowest BCUT2D eigenvalue weighted by Gasteiger charge is -2.21. The lowest BCUT2D eigenvalue weighted by Crippen LogP contribution is -2.25. The Kier molecular flexibility index (Phi) is 3.44. The molecule has 0 aliphatic heterocycles. The molecule has 0 heterocycles. The number of hydrogen-bond donors (Lipinski definition) is 0. The van der Waals surface area contributed by atoms with E-state index in [9.17, 15) is 18.0 Å². The highest BCUT2D eigenvalue weighted by atomic mass is 35.5. The zero-order valence-electron chi connectivity index (χ0n) is 7.77. The molecule has 0 aromatic rings. The van der Waals surface area contributed by atoms with Crippen molar-refractivity contribution >= 4 is 17.6 Å². The van der Waals surface area contributed by atoms with Crippen LogP contribution in [-0.4, -0.2) is 19.3 Å². The fourth-order valence-electron chi connectivity index (χ4n) is 1.22. The van der Waals surface area contributed by atoms with E-state index in [1.54, 1.807) is 0 Å². The third kappa shape index (κ3) is 2.75. The van der Waals surface area contributed by atoms with Gasteiger partial charge in [-0.25, -0.2) is 4.79 Å². The average Bonchev–Trinajstić information content (AvgIpc) is 2.15. The van der Waals surface area contributed by atoms with Crippen molar-refractivity contribution in [3.8, 4) is 0 Å². The van der Waals surface area contributed by atoms with E-state index in [4.69, 9.17) is 11.6 Å². The SMILES string of the molecule is COC(=O)C1=C(Cl)C=CC(C(F)(F)F)C1. The molecule has 1 aliphatic carbocycles. The molecule has 84 valence electrons. The third-order valence-electron chi connectivity index (χ3n) is 2.04. The fraction of sp³-hybridized carbons (Fsp3) is 0.444. The van der Waals surface area contributed by atoms with Crippen LogP contribution in [0.4, 0.5) is 13.2 Å². The molecule has 1 unspecified atom stereocenters. The molecular weight excluding hydrogens is 233 g/mol. The normalized spacial score (nSPS) is 21.8. The van der Waals surface area contributed by atoms with E-state index in [2.05, 4.69) is 4.74 Å². The predicted octanol–water partition coefficient (Wildman–Crippen LogP) is 2.79. The van der Waals surface area contributed by atoms with Gasteiger partial charge < -0.3 is 4.74 Å². The molecule has 0 bridgehead atoms. The van der Waals surface area contributed by atoms with Crippen LogP contribution in [-0.2, 0) is 9.53 Å². The van der Waals surface area contributed by atoms with Crippen molar-refractivity contribution in [2.45, 2.75) is 12.6 Å². The Bertz CT molecular complexity index is 331. The Labute approximate surface area is 89.3 Å². The minimum atomic E-state index is -4.37. The molecule has 6 heteroatoms. The summed E-state index contributed by atoms with van der Waals surface area (Å²) in [5, 5.41) is 0.00218. The minimum absolute atomic E-state index is 0.00218. The molecule has 0 radical (unpaired) electrons. The first kappa shape index (κ1) is 12.1. The summed E-state index contributed by atoms with van der Waals surface area (Å²) in [6, 6.07) is 0. The summed E-state index contributed by atoms with van der Waals surface area (Å²) < 4.78 is 41.4. The minimum Gasteiger partial charge on any atom is -0.466 e. The molecule has 0 saturated carbocycles. The number of esters is 1. The first-order valence-electron chi connectivity index (χ1n) is 4.08. The van der Waals surface area contributed by atoms with Crippen LogP contribution in [0, 0.1) is 5.92 Å². The molecule has 0 fully saturated rings. The zero-order chi connectivity index (χ0) is 11.6. The molecule has 15 heavy (non-hydrogen) atoms. The Morgan fingerprint density at radius 1 is 1.60 bits per heavy atom. The molecule has 0 spiro atoms. The number of ether oxygens (including phenoxy) is 1. The number of carbonyl (C=O) groups excluding carboxylic acids is 1. The van der Waals surface area contributed by atoms with Gasteiger partial charge in [-0.3, -0.25) is 0 Å². The maximum Gasteiger partial charge on any atom is 0.395 e. The van der Waals surface area contributed by atoms with E-state index in [1.807, 2.05) is 0 Å². The number of methoxy groups -OCH3 is 1. The summed E-state index contributed by atoms with van der Waals surface area (Å²) in [5.74, 6) is -2.49. The number of hydrogen-bond acceptors (Lipinski definition) is 2. The van der Waals surface area contributed by atoms with Crippen molar-refractivity contribution in [1.29, 1.82) is 0 Å². The van der Waals surface area contributed by atoms with Gasteiger partial charge in [0.25, 0.3) is 0 Å². The van der Waals surface area contributed by atoms with Gasteiger partial charge >= 0.3 is 12.1 Å². The smallest absolute Gasteiger partial charge is 0.395 e. The van der Waals surface area contributed by atoms with Gasteiger partial charge in [-0.2, -0.15) is 13.2 Å². The molecule has 1 atom stereocenters. The van der Waals surface area contributed by atoms with Crippen LogP contribution in [0.3, 0.4) is 0 Å².